The third-order valence-corrected chi connectivity index (χ3v) is 4.62. The highest BCUT2D eigenvalue weighted by molar-refractivity contribution is 6.55. The average Bonchev–Trinajstić information content (AvgIpc) is 2.92. The van der Waals surface area contributed by atoms with Crippen molar-refractivity contribution in [3.63, 3.8) is 0 Å². The second-order valence-corrected chi connectivity index (χ2v) is 7.04. The number of imide groups is 1. The number of hydrogen-bond donors (Lipinski definition) is 0. The van der Waals surface area contributed by atoms with Gasteiger partial charge in [-0.25, -0.2) is 0 Å². The molecule has 2 aromatic carbocycles. The molecule has 2 aromatic rings. The molecule has 7 heteroatoms. The smallest absolute Gasteiger partial charge is 0.273 e. The van der Waals surface area contributed by atoms with E-state index >= 15 is 0 Å². The van der Waals surface area contributed by atoms with Crippen LogP contribution in [-0.4, -0.2) is 43.1 Å². The summed E-state index contributed by atoms with van der Waals surface area (Å²) in [7, 11) is 1.58. The highest BCUT2D eigenvalue weighted by atomic mass is 35.5. The van der Waals surface area contributed by atoms with Crippen molar-refractivity contribution in [2.75, 3.05) is 20.3 Å². The van der Waals surface area contributed by atoms with Gasteiger partial charge in [-0.2, -0.15) is 0 Å². The molecule has 0 fully saturated rings. The lowest BCUT2D eigenvalue weighted by atomic mass is 10.1. The second-order valence-electron chi connectivity index (χ2n) is 6.67. The molecule has 0 saturated heterocycles. The van der Waals surface area contributed by atoms with E-state index in [1.165, 1.54) is 0 Å². The minimum atomic E-state index is -0.521. The van der Waals surface area contributed by atoms with Crippen LogP contribution in [-0.2, 0) is 9.59 Å². The van der Waals surface area contributed by atoms with E-state index in [1.807, 2.05) is 13.8 Å². The van der Waals surface area contributed by atoms with Crippen molar-refractivity contribution >= 4 is 29.0 Å². The Bertz CT molecular complexity index is 919. The van der Waals surface area contributed by atoms with Crippen molar-refractivity contribution in [3.05, 3.63) is 59.1 Å². The molecule has 0 aliphatic carbocycles. The Balaban J connectivity index is 1.64. The summed E-state index contributed by atoms with van der Waals surface area (Å²) in [6.45, 7) is 4.11. The van der Waals surface area contributed by atoms with Gasteiger partial charge in [0.15, 0.2) is 0 Å². The summed E-state index contributed by atoms with van der Waals surface area (Å²) >= 11 is 6.19. The monoisotopic (exact) mass is 415 g/mol. The van der Waals surface area contributed by atoms with E-state index in [1.54, 1.807) is 55.6 Å². The zero-order valence-corrected chi connectivity index (χ0v) is 17.2. The van der Waals surface area contributed by atoms with Gasteiger partial charge in [0.2, 0.25) is 0 Å². The topological polar surface area (TPSA) is 65.1 Å². The largest absolute Gasteiger partial charge is 0.497 e. The molecule has 29 heavy (non-hydrogen) atoms. The average molecular weight is 416 g/mol. The number of halogens is 1. The lowest BCUT2D eigenvalue weighted by Gasteiger charge is -2.15. The number of carbonyl (C=O) groups excluding carboxylic acids is 2. The minimum absolute atomic E-state index is 0.0412. The first kappa shape index (κ1) is 20.7. The van der Waals surface area contributed by atoms with Gasteiger partial charge in [-0.1, -0.05) is 23.7 Å². The second kappa shape index (κ2) is 9.01. The summed E-state index contributed by atoms with van der Waals surface area (Å²) in [5, 5.41) is -0.0861. The standard InChI is InChI=1S/C22H22ClNO5/c1-14(2)29-18-6-4-15(5-7-18)19-20(23)22(26)24(21(19)25)12-13-28-17-10-8-16(27-3)9-11-17/h4-11,14H,12-13H2,1-3H3. The number of carbonyl (C=O) groups is 2. The number of benzene rings is 2. The zero-order valence-electron chi connectivity index (χ0n) is 16.5. The van der Waals surface area contributed by atoms with Gasteiger partial charge in [-0.05, 0) is 55.8 Å². The molecule has 2 amide bonds. The highest BCUT2D eigenvalue weighted by Crippen LogP contribution is 2.32. The molecule has 0 saturated carbocycles. The highest BCUT2D eigenvalue weighted by Gasteiger charge is 2.37. The van der Waals surface area contributed by atoms with Gasteiger partial charge < -0.3 is 14.2 Å². The molecule has 1 aliphatic heterocycles. The summed E-state index contributed by atoms with van der Waals surface area (Å²) in [5.41, 5.74) is 0.764. The van der Waals surface area contributed by atoms with Crippen molar-refractivity contribution in [2.45, 2.75) is 20.0 Å². The molecule has 1 aliphatic rings. The first-order valence-corrected chi connectivity index (χ1v) is 9.58. The Morgan fingerprint density at radius 2 is 1.48 bits per heavy atom. The fourth-order valence-corrected chi connectivity index (χ4v) is 3.19. The molecule has 0 radical (unpaired) electrons. The molecule has 1 heterocycles. The third kappa shape index (κ3) is 4.71. The Labute approximate surface area is 174 Å². The SMILES string of the molecule is COc1ccc(OCCN2C(=O)C(Cl)=C(c3ccc(OC(C)C)cc3)C2=O)cc1. The Hall–Kier alpha value is -2.99. The maximum atomic E-state index is 12.8. The predicted molar refractivity (Wildman–Crippen MR) is 110 cm³/mol. The summed E-state index contributed by atoms with van der Waals surface area (Å²) in [4.78, 5) is 26.3. The van der Waals surface area contributed by atoms with Crippen LogP contribution in [0.15, 0.2) is 53.6 Å². The van der Waals surface area contributed by atoms with E-state index in [0.717, 1.165) is 4.90 Å². The Kier molecular flexibility index (Phi) is 6.44. The molecule has 0 spiro atoms. The summed E-state index contributed by atoms with van der Waals surface area (Å²) in [5.74, 6) is 1.06. The molecule has 0 atom stereocenters. The Morgan fingerprint density at radius 1 is 0.897 bits per heavy atom. The quantitative estimate of drug-likeness (QED) is 0.612. The number of methoxy groups -OCH3 is 1. The normalized spacial score (nSPS) is 14.0. The van der Waals surface area contributed by atoms with E-state index in [2.05, 4.69) is 0 Å². The van der Waals surface area contributed by atoms with Crippen molar-refractivity contribution < 1.29 is 23.8 Å². The van der Waals surface area contributed by atoms with Crippen molar-refractivity contribution in [2.24, 2.45) is 0 Å². The van der Waals surface area contributed by atoms with Crippen molar-refractivity contribution in [1.29, 1.82) is 0 Å². The van der Waals surface area contributed by atoms with E-state index < -0.39 is 11.8 Å². The van der Waals surface area contributed by atoms with E-state index in [0.29, 0.717) is 22.8 Å². The predicted octanol–water partition coefficient (Wildman–Crippen LogP) is 3.88. The van der Waals surface area contributed by atoms with Crippen LogP contribution in [0, 0.1) is 0 Å². The number of amides is 2. The molecule has 0 unspecified atom stereocenters. The number of hydrogen-bond acceptors (Lipinski definition) is 5. The van der Waals surface area contributed by atoms with Crippen LogP contribution < -0.4 is 14.2 Å². The molecule has 152 valence electrons. The summed E-state index contributed by atoms with van der Waals surface area (Å²) in [6.07, 6.45) is 0.0412. The van der Waals surface area contributed by atoms with E-state index in [-0.39, 0.29) is 29.9 Å². The first-order valence-electron chi connectivity index (χ1n) is 9.20. The molecule has 3 rings (SSSR count). The van der Waals surface area contributed by atoms with Crippen LogP contribution in [0.4, 0.5) is 0 Å². The van der Waals surface area contributed by atoms with Gasteiger partial charge in [0, 0.05) is 0 Å². The fraction of sp³-hybridized carbons (Fsp3) is 0.273. The molecular formula is C22H22ClNO5. The van der Waals surface area contributed by atoms with Gasteiger partial charge in [0.25, 0.3) is 11.8 Å². The lowest BCUT2D eigenvalue weighted by Crippen LogP contribution is -2.35. The summed E-state index contributed by atoms with van der Waals surface area (Å²) < 4.78 is 16.3. The number of rotatable bonds is 8. The maximum absolute atomic E-state index is 12.8. The lowest BCUT2D eigenvalue weighted by molar-refractivity contribution is -0.137. The van der Waals surface area contributed by atoms with Gasteiger partial charge >= 0.3 is 0 Å². The van der Waals surface area contributed by atoms with Gasteiger partial charge in [-0.15, -0.1) is 0 Å². The summed E-state index contributed by atoms with van der Waals surface area (Å²) in [6, 6.07) is 14.0. The van der Waals surface area contributed by atoms with Crippen LogP contribution in [0.3, 0.4) is 0 Å². The number of nitrogens with zero attached hydrogens (tertiary/aromatic N) is 1. The van der Waals surface area contributed by atoms with Crippen LogP contribution in [0.25, 0.3) is 5.57 Å². The van der Waals surface area contributed by atoms with Crippen molar-refractivity contribution in [3.8, 4) is 17.2 Å². The van der Waals surface area contributed by atoms with Crippen LogP contribution in [0.5, 0.6) is 17.2 Å². The van der Waals surface area contributed by atoms with E-state index in [4.69, 9.17) is 25.8 Å². The molecule has 6 nitrogen and oxygen atoms in total. The van der Waals surface area contributed by atoms with Gasteiger partial charge in [-0.3, -0.25) is 14.5 Å². The molecular weight excluding hydrogens is 394 g/mol. The Morgan fingerprint density at radius 3 is 2.07 bits per heavy atom. The molecule has 0 aromatic heterocycles. The number of ether oxygens (including phenoxy) is 3. The van der Waals surface area contributed by atoms with Gasteiger partial charge in [0.1, 0.15) is 28.9 Å². The van der Waals surface area contributed by atoms with Crippen LogP contribution in [0.2, 0.25) is 0 Å². The first-order chi connectivity index (χ1) is 13.9. The minimum Gasteiger partial charge on any atom is -0.497 e. The molecule has 0 bridgehead atoms. The third-order valence-electron chi connectivity index (χ3n) is 4.27. The fourth-order valence-electron chi connectivity index (χ4n) is 2.90. The van der Waals surface area contributed by atoms with E-state index in [9.17, 15) is 9.59 Å². The maximum Gasteiger partial charge on any atom is 0.273 e. The van der Waals surface area contributed by atoms with Crippen molar-refractivity contribution in [1.82, 2.24) is 4.90 Å². The zero-order chi connectivity index (χ0) is 21.0. The van der Waals surface area contributed by atoms with Crippen LogP contribution >= 0.6 is 11.6 Å². The van der Waals surface area contributed by atoms with Gasteiger partial charge in [0.05, 0.1) is 25.3 Å². The van der Waals surface area contributed by atoms with Crippen LogP contribution in [0.1, 0.15) is 19.4 Å². The molecule has 0 N–H and O–H groups in total.